The second-order valence-corrected chi connectivity index (χ2v) is 5.90. The molecule has 6 nitrogen and oxygen atoms in total. The van der Waals surface area contributed by atoms with E-state index in [1.807, 2.05) is 13.8 Å². The lowest BCUT2D eigenvalue weighted by Gasteiger charge is -2.31. The fourth-order valence-corrected chi connectivity index (χ4v) is 2.79. The smallest absolute Gasteiger partial charge is 0.237 e. The summed E-state index contributed by atoms with van der Waals surface area (Å²) in [4.78, 5) is 14.6. The quantitative estimate of drug-likeness (QED) is 0.898. The summed E-state index contributed by atoms with van der Waals surface area (Å²) < 4.78 is 13.0. The van der Waals surface area contributed by atoms with E-state index in [4.69, 9.17) is 0 Å². The molecule has 2 N–H and O–H groups in total. The van der Waals surface area contributed by atoms with E-state index in [2.05, 4.69) is 25.6 Å². The second-order valence-electron chi connectivity index (χ2n) is 5.90. The predicted octanol–water partition coefficient (Wildman–Crippen LogP) is 1.57. The highest BCUT2D eigenvalue weighted by Crippen LogP contribution is 2.18. The van der Waals surface area contributed by atoms with E-state index >= 15 is 0 Å². The molecule has 1 aromatic heterocycles. The van der Waals surface area contributed by atoms with Crippen molar-refractivity contribution in [2.24, 2.45) is 0 Å². The molecule has 0 unspecified atom stereocenters. The Balaban J connectivity index is 1.60. The largest absolute Gasteiger partial charge is 0.348 e. The zero-order chi connectivity index (χ0) is 16.4. The second kappa shape index (κ2) is 6.45. The monoisotopic (exact) mass is 317 g/mol. The van der Waals surface area contributed by atoms with Crippen LogP contribution in [-0.2, 0) is 17.8 Å². The molecule has 122 valence electrons. The van der Waals surface area contributed by atoms with Gasteiger partial charge in [0.25, 0.3) is 0 Å². The molecule has 0 aliphatic carbocycles. The highest BCUT2D eigenvalue weighted by molar-refractivity contribution is 5.81. The lowest BCUT2D eigenvalue weighted by molar-refractivity contribution is -0.126. The maximum absolute atomic E-state index is 13.0. The van der Waals surface area contributed by atoms with Crippen molar-refractivity contribution in [3.8, 4) is 0 Å². The highest BCUT2D eigenvalue weighted by atomic mass is 19.1. The summed E-state index contributed by atoms with van der Waals surface area (Å²) in [5.74, 6) is -0.328. The third-order valence-electron chi connectivity index (χ3n) is 4.35. The van der Waals surface area contributed by atoms with Gasteiger partial charge in [-0.15, -0.1) is 0 Å². The number of benzene rings is 1. The molecule has 1 amide bonds. The number of nitrogens with zero attached hydrogens (tertiary/aromatic N) is 3. The molecule has 2 atom stereocenters. The number of fused-ring (bicyclic) bond motifs is 1. The van der Waals surface area contributed by atoms with E-state index in [9.17, 15) is 9.18 Å². The third-order valence-corrected chi connectivity index (χ3v) is 4.35. The Bertz CT molecular complexity index is 684. The van der Waals surface area contributed by atoms with Crippen LogP contribution in [0, 0.1) is 5.82 Å². The minimum Gasteiger partial charge on any atom is -0.348 e. The summed E-state index contributed by atoms with van der Waals surface area (Å²) in [5, 5.41) is 13.8. The van der Waals surface area contributed by atoms with Gasteiger partial charge in [0.2, 0.25) is 5.91 Å². The topological polar surface area (TPSA) is 73.9 Å². The van der Waals surface area contributed by atoms with E-state index in [1.54, 1.807) is 12.1 Å². The highest BCUT2D eigenvalue weighted by Gasteiger charge is 2.28. The van der Waals surface area contributed by atoms with E-state index in [0.717, 1.165) is 29.9 Å². The Labute approximate surface area is 134 Å². The van der Waals surface area contributed by atoms with Gasteiger partial charge in [-0.3, -0.25) is 9.69 Å². The molecule has 1 aromatic carbocycles. The van der Waals surface area contributed by atoms with Crippen LogP contribution in [-0.4, -0.2) is 38.8 Å². The summed E-state index contributed by atoms with van der Waals surface area (Å²) in [7, 11) is 0. The number of carbonyl (C=O) groups excluding carboxylic acids is 1. The van der Waals surface area contributed by atoms with Crippen molar-refractivity contribution in [2.45, 2.75) is 38.9 Å². The van der Waals surface area contributed by atoms with Crippen molar-refractivity contribution in [2.75, 3.05) is 6.54 Å². The molecule has 0 fully saturated rings. The van der Waals surface area contributed by atoms with Crippen molar-refractivity contribution in [1.29, 1.82) is 0 Å². The fourth-order valence-electron chi connectivity index (χ4n) is 2.79. The minimum atomic E-state index is -0.280. The molecule has 7 heteroatoms. The zero-order valence-electron chi connectivity index (χ0n) is 13.2. The number of aromatic amines is 1. The standard InChI is InChI=1S/C16H20FN5O/c1-10(12-3-5-13(17)6-4-12)18-16(23)11(2)22-8-7-14-15(9-22)20-21-19-14/h3-6,10-11H,7-9H2,1-2H3,(H,18,23)(H,19,20,21)/t10-,11+/m0/s1. The summed E-state index contributed by atoms with van der Waals surface area (Å²) in [6, 6.07) is 5.75. The van der Waals surface area contributed by atoms with Crippen LogP contribution in [0.25, 0.3) is 0 Å². The van der Waals surface area contributed by atoms with E-state index in [-0.39, 0.29) is 23.8 Å². The number of carbonyl (C=O) groups is 1. The van der Waals surface area contributed by atoms with Crippen molar-refractivity contribution in [3.63, 3.8) is 0 Å². The first-order valence-corrected chi connectivity index (χ1v) is 7.73. The van der Waals surface area contributed by atoms with Crippen molar-refractivity contribution < 1.29 is 9.18 Å². The Kier molecular flexibility index (Phi) is 4.38. The van der Waals surface area contributed by atoms with Gasteiger partial charge in [-0.25, -0.2) is 4.39 Å². The van der Waals surface area contributed by atoms with Crippen molar-refractivity contribution in [1.82, 2.24) is 25.6 Å². The van der Waals surface area contributed by atoms with Gasteiger partial charge in [-0.1, -0.05) is 12.1 Å². The van der Waals surface area contributed by atoms with Gasteiger partial charge in [0.15, 0.2) is 0 Å². The van der Waals surface area contributed by atoms with Crippen LogP contribution >= 0.6 is 0 Å². The molecule has 1 aliphatic rings. The Morgan fingerprint density at radius 2 is 1.96 bits per heavy atom. The van der Waals surface area contributed by atoms with Gasteiger partial charge in [0, 0.05) is 19.5 Å². The Morgan fingerprint density at radius 3 is 2.70 bits per heavy atom. The van der Waals surface area contributed by atoms with Gasteiger partial charge >= 0.3 is 0 Å². The van der Waals surface area contributed by atoms with E-state index in [1.165, 1.54) is 12.1 Å². The van der Waals surface area contributed by atoms with Gasteiger partial charge in [0.1, 0.15) is 5.82 Å². The molecule has 23 heavy (non-hydrogen) atoms. The summed E-state index contributed by atoms with van der Waals surface area (Å²) >= 11 is 0. The molecule has 3 rings (SSSR count). The molecule has 0 saturated heterocycles. The Morgan fingerprint density at radius 1 is 1.26 bits per heavy atom. The van der Waals surface area contributed by atoms with Crippen molar-refractivity contribution in [3.05, 3.63) is 47.0 Å². The Hall–Kier alpha value is -2.28. The third kappa shape index (κ3) is 3.39. The van der Waals surface area contributed by atoms with Crippen LogP contribution in [0.5, 0.6) is 0 Å². The predicted molar refractivity (Wildman–Crippen MR) is 82.9 cm³/mol. The molecular weight excluding hydrogens is 297 g/mol. The zero-order valence-corrected chi connectivity index (χ0v) is 13.2. The van der Waals surface area contributed by atoms with E-state index < -0.39 is 0 Å². The van der Waals surface area contributed by atoms with Crippen LogP contribution in [0.1, 0.15) is 36.8 Å². The van der Waals surface area contributed by atoms with E-state index in [0.29, 0.717) is 6.54 Å². The first kappa shape index (κ1) is 15.6. The maximum atomic E-state index is 13.0. The van der Waals surface area contributed by atoms with Gasteiger partial charge in [0.05, 0.1) is 23.5 Å². The average Bonchev–Trinajstić information content (AvgIpc) is 3.02. The summed E-state index contributed by atoms with van der Waals surface area (Å²) in [6.45, 7) is 5.17. The number of rotatable bonds is 4. The molecule has 0 bridgehead atoms. The van der Waals surface area contributed by atoms with Crippen LogP contribution in [0.4, 0.5) is 4.39 Å². The number of nitrogens with one attached hydrogen (secondary N) is 2. The van der Waals surface area contributed by atoms with Crippen LogP contribution in [0.15, 0.2) is 24.3 Å². The first-order valence-electron chi connectivity index (χ1n) is 7.73. The van der Waals surface area contributed by atoms with Gasteiger partial charge in [-0.2, -0.15) is 15.4 Å². The molecule has 2 aromatic rings. The fraction of sp³-hybridized carbons (Fsp3) is 0.438. The lowest BCUT2D eigenvalue weighted by Crippen LogP contribution is -2.47. The van der Waals surface area contributed by atoms with Crippen LogP contribution in [0.2, 0.25) is 0 Å². The average molecular weight is 317 g/mol. The molecule has 0 saturated carbocycles. The lowest BCUT2D eigenvalue weighted by atomic mass is 10.1. The number of H-pyrrole nitrogens is 1. The number of hydrogen-bond donors (Lipinski definition) is 2. The molecular formula is C16H20FN5O. The van der Waals surface area contributed by atoms with Crippen LogP contribution in [0.3, 0.4) is 0 Å². The number of halogens is 1. The first-order chi connectivity index (χ1) is 11.0. The summed E-state index contributed by atoms with van der Waals surface area (Å²) in [6.07, 6.45) is 0.789. The molecule has 0 spiro atoms. The SMILES string of the molecule is C[C@H](NC(=O)[C@@H](C)N1CCc2n[nH]nc2C1)c1ccc(F)cc1. The number of aromatic nitrogens is 3. The van der Waals surface area contributed by atoms with Gasteiger partial charge in [-0.05, 0) is 31.5 Å². The van der Waals surface area contributed by atoms with Crippen molar-refractivity contribution >= 4 is 5.91 Å². The molecule has 0 radical (unpaired) electrons. The summed E-state index contributed by atoms with van der Waals surface area (Å²) in [5.41, 5.74) is 2.76. The minimum absolute atomic E-state index is 0.0474. The normalized spacial score (nSPS) is 17.3. The number of hydrogen-bond acceptors (Lipinski definition) is 4. The maximum Gasteiger partial charge on any atom is 0.237 e. The van der Waals surface area contributed by atoms with Crippen LogP contribution < -0.4 is 5.32 Å². The molecule has 2 heterocycles. The molecule has 1 aliphatic heterocycles. The van der Waals surface area contributed by atoms with Gasteiger partial charge < -0.3 is 5.32 Å². The number of amides is 1.